The van der Waals surface area contributed by atoms with E-state index in [1.807, 2.05) is 9.80 Å². The van der Waals surface area contributed by atoms with Crippen molar-refractivity contribution in [2.75, 3.05) is 43.4 Å². The largest absolute Gasteiger partial charge is 0.476 e. The van der Waals surface area contributed by atoms with Crippen LogP contribution in [0.5, 0.6) is 5.75 Å². The molecule has 2 aliphatic heterocycles. The molecule has 174 valence electrons. The molecule has 2 amide bonds. The number of carbonyl (C=O) groups is 2. The van der Waals surface area contributed by atoms with E-state index >= 15 is 4.39 Å². The van der Waals surface area contributed by atoms with E-state index in [0.717, 1.165) is 12.8 Å². The van der Waals surface area contributed by atoms with Crippen LogP contribution >= 0.6 is 0 Å². The summed E-state index contributed by atoms with van der Waals surface area (Å²) in [5.41, 5.74) is 0.611. The summed E-state index contributed by atoms with van der Waals surface area (Å²) in [4.78, 5) is 35.7. The molecule has 1 atom stereocenters. The smallest absolute Gasteiger partial charge is 0.269 e. The van der Waals surface area contributed by atoms with E-state index in [2.05, 4.69) is 20.6 Å². The second-order valence-corrected chi connectivity index (χ2v) is 8.47. The first-order valence-electron chi connectivity index (χ1n) is 11.0. The average Bonchev–Trinajstić information content (AvgIpc) is 3.66. The molecule has 0 aromatic carbocycles. The number of nitrogens with zero attached hydrogens (tertiary/aromatic N) is 4. The maximum absolute atomic E-state index is 15.1. The number of piperazine rings is 1. The van der Waals surface area contributed by atoms with E-state index in [4.69, 9.17) is 4.74 Å². The highest BCUT2D eigenvalue weighted by Crippen LogP contribution is 2.41. The standard InChI is InChI=1S/C22H24F2N6O3/c1-25-21(31)13-4-5-15(20(24)27-13)30-8-6-29(7-9-30)11-14-17(23)18-16(10-26-14)33-19(12-2-3-12)22(32)28-18/h4-5,10,12,19H,2-3,6-9,11H2,1H3,(H,25,31)(H,28,32)/t19-/m0/s1. The zero-order valence-electron chi connectivity index (χ0n) is 18.1. The van der Waals surface area contributed by atoms with Gasteiger partial charge in [-0.15, -0.1) is 0 Å². The maximum Gasteiger partial charge on any atom is 0.269 e. The van der Waals surface area contributed by atoms with E-state index in [9.17, 15) is 14.0 Å². The molecule has 2 aromatic heterocycles. The van der Waals surface area contributed by atoms with Crippen LogP contribution in [0.2, 0.25) is 0 Å². The van der Waals surface area contributed by atoms with Gasteiger partial charge >= 0.3 is 0 Å². The fraction of sp³-hybridized carbons (Fsp3) is 0.455. The number of nitrogens with one attached hydrogen (secondary N) is 2. The number of rotatable bonds is 5. The van der Waals surface area contributed by atoms with Crippen molar-refractivity contribution in [3.8, 4) is 5.75 Å². The third-order valence-corrected chi connectivity index (χ3v) is 6.24. The summed E-state index contributed by atoms with van der Waals surface area (Å²) in [7, 11) is 1.46. The van der Waals surface area contributed by atoms with Gasteiger partial charge in [-0.05, 0) is 25.0 Å². The van der Waals surface area contributed by atoms with Gasteiger partial charge in [0.25, 0.3) is 11.8 Å². The first-order valence-corrected chi connectivity index (χ1v) is 11.0. The molecule has 1 saturated carbocycles. The van der Waals surface area contributed by atoms with E-state index in [-0.39, 0.29) is 41.2 Å². The molecule has 33 heavy (non-hydrogen) atoms. The summed E-state index contributed by atoms with van der Waals surface area (Å²) in [6.45, 7) is 2.38. The topological polar surface area (TPSA) is 99.7 Å². The summed E-state index contributed by atoms with van der Waals surface area (Å²) >= 11 is 0. The molecule has 4 heterocycles. The van der Waals surface area contributed by atoms with Gasteiger partial charge in [0.05, 0.1) is 17.6 Å². The van der Waals surface area contributed by atoms with E-state index in [1.54, 1.807) is 6.07 Å². The summed E-state index contributed by atoms with van der Waals surface area (Å²) in [5, 5.41) is 5.06. The molecule has 11 heteroatoms. The van der Waals surface area contributed by atoms with E-state index in [0.29, 0.717) is 31.9 Å². The van der Waals surface area contributed by atoms with Crippen LogP contribution in [0.1, 0.15) is 29.0 Å². The fourth-order valence-corrected chi connectivity index (χ4v) is 4.20. The minimum absolute atomic E-state index is 0.0193. The van der Waals surface area contributed by atoms with Gasteiger partial charge in [-0.3, -0.25) is 19.5 Å². The third-order valence-electron chi connectivity index (χ3n) is 6.24. The monoisotopic (exact) mass is 458 g/mol. The Morgan fingerprint density at radius 3 is 2.67 bits per heavy atom. The van der Waals surface area contributed by atoms with Gasteiger partial charge in [0.1, 0.15) is 11.4 Å². The van der Waals surface area contributed by atoms with Crippen molar-refractivity contribution < 1.29 is 23.1 Å². The highest BCUT2D eigenvalue weighted by atomic mass is 19.1. The zero-order chi connectivity index (χ0) is 23.1. The number of amides is 2. The number of fused-ring (bicyclic) bond motifs is 1. The zero-order valence-corrected chi connectivity index (χ0v) is 18.1. The summed E-state index contributed by atoms with van der Waals surface area (Å²) in [6.07, 6.45) is 2.77. The van der Waals surface area contributed by atoms with Gasteiger partial charge in [-0.25, -0.2) is 9.37 Å². The molecule has 0 unspecified atom stereocenters. The predicted octanol–water partition coefficient (Wildman–Crippen LogP) is 1.55. The molecule has 2 N–H and O–H groups in total. The van der Waals surface area contributed by atoms with Crippen molar-refractivity contribution >= 4 is 23.2 Å². The van der Waals surface area contributed by atoms with E-state index < -0.39 is 23.8 Å². The molecule has 0 spiro atoms. The van der Waals surface area contributed by atoms with Gasteiger partial charge in [-0.2, -0.15) is 4.39 Å². The van der Waals surface area contributed by atoms with Gasteiger partial charge in [0.15, 0.2) is 17.7 Å². The lowest BCUT2D eigenvalue weighted by molar-refractivity contribution is -0.124. The van der Waals surface area contributed by atoms with Crippen molar-refractivity contribution in [2.45, 2.75) is 25.5 Å². The van der Waals surface area contributed by atoms with Crippen molar-refractivity contribution in [3.05, 3.63) is 41.5 Å². The Hall–Kier alpha value is -3.34. The molecule has 2 fully saturated rings. The molecule has 0 radical (unpaired) electrons. The number of pyridine rings is 2. The summed E-state index contributed by atoms with van der Waals surface area (Å²) in [6, 6.07) is 3.03. The number of aromatic nitrogens is 2. The average molecular weight is 458 g/mol. The lowest BCUT2D eigenvalue weighted by Crippen LogP contribution is -2.46. The minimum Gasteiger partial charge on any atom is -0.476 e. The van der Waals surface area contributed by atoms with Crippen LogP contribution in [0.3, 0.4) is 0 Å². The first-order chi connectivity index (χ1) is 15.9. The molecule has 5 rings (SSSR count). The van der Waals surface area contributed by atoms with Gasteiger partial charge in [-0.1, -0.05) is 0 Å². The van der Waals surface area contributed by atoms with Crippen molar-refractivity contribution in [1.82, 2.24) is 20.2 Å². The maximum atomic E-state index is 15.1. The quantitative estimate of drug-likeness (QED) is 0.656. The van der Waals surface area contributed by atoms with Crippen molar-refractivity contribution in [3.63, 3.8) is 0 Å². The fourth-order valence-electron chi connectivity index (χ4n) is 4.20. The van der Waals surface area contributed by atoms with Crippen molar-refractivity contribution in [2.24, 2.45) is 5.92 Å². The predicted molar refractivity (Wildman–Crippen MR) is 115 cm³/mol. The number of ether oxygens (including phenoxy) is 1. The number of hydrogen-bond acceptors (Lipinski definition) is 7. The van der Waals surface area contributed by atoms with Gasteiger partial charge in [0, 0.05) is 45.7 Å². The molecule has 2 aromatic rings. The Labute approximate surface area is 189 Å². The molecule has 3 aliphatic rings. The second kappa shape index (κ2) is 8.54. The third kappa shape index (κ3) is 4.20. The van der Waals surface area contributed by atoms with Crippen molar-refractivity contribution in [1.29, 1.82) is 0 Å². The highest BCUT2D eigenvalue weighted by molar-refractivity contribution is 5.98. The Balaban J connectivity index is 1.23. The number of carbonyl (C=O) groups excluding carboxylic acids is 2. The van der Waals surface area contributed by atoms with Crippen LogP contribution in [-0.4, -0.2) is 66.0 Å². The Bertz CT molecular complexity index is 1100. The Morgan fingerprint density at radius 2 is 2.00 bits per heavy atom. The van der Waals surface area contributed by atoms with Crippen LogP contribution in [0.15, 0.2) is 18.3 Å². The molecule has 1 aliphatic carbocycles. The lowest BCUT2D eigenvalue weighted by Gasteiger charge is -2.36. The highest BCUT2D eigenvalue weighted by Gasteiger charge is 2.42. The van der Waals surface area contributed by atoms with E-state index in [1.165, 1.54) is 19.3 Å². The Morgan fingerprint density at radius 1 is 1.24 bits per heavy atom. The number of halogens is 2. The molecular formula is C22H24F2N6O3. The molecule has 0 bridgehead atoms. The van der Waals surface area contributed by atoms with Gasteiger partial charge < -0.3 is 20.3 Å². The molecule has 1 saturated heterocycles. The normalized spacial score (nSPS) is 20.6. The number of anilines is 2. The van der Waals surface area contributed by atoms with Crippen LogP contribution < -0.4 is 20.3 Å². The summed E-state index contributed by atoms with van der Waals surface area (Å²) in [5.74, 6) is -1.59. The minimum atomic E-state index is -0.702. The molecular weight excluding hydrogens is 434 g/mol. The second-order valence-electron chi connectivity index (χ2n) is 8.47. The van der Waals surface area contributed by atoms with Crippen LogP contribution in [0.25, 0.3) is 0 Å². The lowest BCUT2D eigenvalue weighted by atomic mass is 10.1. The SMILES string of the molecule is CNC(=O)c1ccc(N2CCN(Cc3ncc4c(c3F)NC(=O)[C@H](C3CC3)O4)CC2)c(F)n1. The van der Waals surface area contributed by atoms with Crippen LogP contribution in [-0.2, 0) is 11.3 Å². The first kappa shape index (κ1) is 21.5. The summed E-state index contributed by atoms with van der Waals surface area (Å²) < 4.78 is 35.2. The van der Waals surface area contributed by atoms with Crippen LogP contribution in [0, 0.1) is 17.7 Å². The Kier molecular flexibility index (Phi) is 5.57. The van der Waals surface area contributed by atoms with Crippen LogP contribution in [0.4, 0.5) is 20.2 Å². The van der Waals surface area contributed by atoms with Gasteiger partial charge in [0.2, 0.25) is 5.95 Å². The number of hydrogen-bond donors (Lipinski definition) is 2. The molecule has 9 nitrogen and oxygen atoms in total.